The number of allylic oxidation sites excluding steroid dienone is 1. The number of carboxylic acid groups (broad SMARTS) is 2. The second-order valence-corrected chi connectivity index (χ2v) is 12.1. The number of rotatable bonds is 14. The van der Waals surface area contributed by atoms with Crippen molar-refractivity contribution in [3.05, 3.63) is 30.2 Å². The quantitative estimate of drug-likeness (QED) is 0.195. The number of aliphatic hydroxyl groups is 1. The molecule has 0 aromatic carbocycles. The van der Waals surface area contributed by atoms with Crippen LogP contribution < -0.4 is 10.6 Å². The zero-order valence-corrected chi connectivity index (χ0v) is 23.7. The Labute approximate surface area is 224 Å². The highest BCUT2D eigenvalue weighted by Crippen LogP contribution is 2.50. The monoisotopic (exact) mass is 536 g/mol. The number of aromatic nitrogens is 2. The Morgan fingerprint density at radius 2 is 1.66 bits per heavy atom. The minimum atomic E-state index is -1.25. The van der Waals surface area contributed by atoms with Crippen molar-refractivity contribution in [1.29, 1.82) is 0 Å². The van der Waals surface area contributed by atoms with Gasteiger partial charge in [0, 0.05) is 31.3 Å². The van der Waals surface area contributed by atoms with Crippen molar-refractivity contribution in [1.82, 2.24) is 20.6 Å². The number of aliphatic hydroxyl groups excluding tert-OH is 1. The molecule has 0 radical (unpaired) electrons. The summed E-state index contributed by atoms with van der Waals surface area (Å²) in [4.78, 5) is 58.0. The van der Waals surface area contributed by atoms with Gasteiger partial charge in [-0.05, 0) is 29.6 Å². The normalized spacial score (nSPS) is 15.3. The van der Waals surface area contributed by atoms with Crippen LogP contribution in [0, 0.1) is 34.0 Å². The van der Waals surface area contributed by atoms with E-state index in [1.165, 1.54) is 13.3 Å². The van der Waals surface area contributed by atoms with Gasteiger partial charge in [0.15, 0.2) is 0 Å². The molecule has 38 heavy (non-hydrogen) atoms. The molecule has 0 saturated heterocycles. The number of aromatic amines is 1. The SMILES string of the molecule is C/C(=C\O)NC(=O)CC(C(=O)O)C(C)(C)CC(C(=O)O)C(C(=O)NCCc1c[nH]cn1)C(C)(C)C(C)(C)C. The van der Waals surface area contributed by atoms with E-state index >= 15 is 0 Å². The maximum Gasteiger partial charge on any atom is 0.307 e. The van der Waals surface area contributed by atoms with Crippen LogP contribution in [0.5, 0.6) is 0 Å². The van der Waals surface area contributed by atoms with Crippen molar-refractivity contribution in [2.24, 2.45) is 34.0 Å². The van der Waals surface area contributed by atoms with Crippen LogP contribution in [-0.4, -0.2) is 55.6 Å². The number of nitrogens with zero attached hydrogens (tertiary/aromatic N) is 1. The highest BCUT2D eigenvalue weighted by molar-refractivity contribution is 5.86. The summed E-state index contributed by atoms with van der Waals surface area (Å²) in [5, 5.41) is 34.6. The van der Waals surface area contributed by atoms with E-state index in [0.29, 0.717) is 12.7 Å². The van der Waals surface area contributed by atoms with E-state index in [1.54, 1.807) is 20.0 Å². The molecule has 0 aliphatic carbocycles. The van der Waals surface area contributed by atoms with Crippen LogP contribution in [0.4, 0.5) is 0 Å². The van der Waals surface area contributed by atoms with Crippen LogP contribution in [0.25, 0.3) is 0 Å². The van der Waals surface area contributed by atoms with E-state index in [-0.39, 0.29) is 18.7 Å². The van der Waals surface area contributed by atoms with Crippen molar-refractivity contribution >= 4 is 23.8 Å². The molecule has 1 heterocycles. The van der Waals surface area contributed by atoms with Crippen molar-refractivity contribution in [3.63, 3.8) is 0 Å². The fraction of sp³-hybridized carbons (Fsp3) is 0.667. The zero-order chi connectivity index (χ0) is 29.5. The molecule has 1 aromatic heterocycles. The van der Waals surface area contributed by atoms with Crippen molar-refractivity contribution < 1.29 is 34.5 Å². The Morgan fingerprint density at radius 3 is 2.11 bits per heavy atom. The van der Waals surface area contributed by atoms with E-state index < -0.39 is 64.2 Å². The smallest absolute Gasteiger partial charge is 0.307 e. The van der Waals surface area contributed by atoms with Gasteiger partial charge in [0.25, 0.3) is 0 Å². The summed E-state index contributed by atoms with van der Waals surface area (Å²) in [5.74, 6) is -6.99. The Hall–Kier alpha value is -3.37. The third-order valence-corrected chi connectivity index (χ3v) is 7.85. The molecule has 11 heteroatoms. The number of aliphatic carboxylic acids is 2. The van der Waals surface area contributed by atoms with Crippen LogP contribution in [0.1, 0.15) is 73.9 Å². The van der Waals surface area contributed by atoms with E-state index in [4.69, 9.17) is 5.11 Å². The van der Waals surface area contributed by atoms with Gasteiger partial charge < -0.3 is 30.9 Å². The Balaban J connectivity index is 3.35. The predicted molar refractivity (Wildman–Crippen MR) is 142 cm³/mol. The van der Waals surface area contributed by atoms with Crippen LogP contribution in [-0.2, 0) is 25.6 Å². The first-order chi connectivity index (χ1) is 17.3. The Morgan fingerprint density at radius 1 is 1.05 bits per heavy atom. The number of nitrogens with one attached hydrogen (secondary N) is 3. The molecule has 214 valence electrons. The van der Waals surface area contributed by atoms with Gasteiger partial charge in [0.1, 0.15) is 0 Å². The van der Waals surface area contributed by atoms with Gasteiger partial charge in [0.2, 0.25) is 11.8 Å². The molecular weight excluding hydrogens is 492 g/mol. The van der Waals surface area contributed by atoms with Crippen LogP contribution in [0.15, 0.2) is 24.5 Å². The minimum Gasteiger partial charge on any atom is -0.514 e. The molecule has 0 spiro atoms. The van der Waals surface area contributed by atoms with Crippen LogP contribution in [0.2, 0.25) is 0 Å². The zero-order valence-electron chi connectivity index (χ0n) is 23.7. The number of amides is 2. The molecule has 0 aliphatic rings. The van der Waals surface area contributed by atoms with Gasteiger partial charge >= 0.3 is 11.9 Å². The molecule has 0 fully saturated rings. The third kappa shape index (κ3) is 8.59. The molecule has 1 rings (SSSR count). The molecular formula is C27H44N4O7. The van der Waals surface area contributed by atoms with Crippen molar-refractivity contribution in [2.75, 3.05) is 6.54 Å². The molecule has 0 saturated carbocycles. The number of H-pyrrole nitrogens is 1. The molecule has 1 aromatic rings. The second-order valence-electron chi connectivity index (χ2n) is 12.1. The molecule has 0 bridgehead atoms. The number of imidazole rings is 1. The lowest BCUT2D eigenvalue weighted by molar-refractivity contribution is -0.159. The lowest BCUT2D eigenvalue weighted by atomic mass is 9.56. The number of hydrogen-bond acceptors (Lipinski definition) is 6. The molecule has 6 N–H and O–H groups in total. The first kappa shape index (κ1) is 32.7. The number of carbonyl (C=O) groups is 4. The molecule has 3 unspecified atom stereocenters. The van der Waals surface area contributed by atoms with Gasteiger partial charge in [-0.15, -0.1) is 0 Å². The van der Waals surface area contributed by atoms with Gasteiger partial charge in [0.05, 0.1) is 36.0 Å². The molecule has 3 atom stereocenters. The molecule has 11 nitrogen and oxygen atoms in total. The summed E-state index contributed by atoms with van der Waals surface area (Å²) >= 11 is 0. The maximum atomic E-state index is 13.6. The fourth-order valence-corrected chi connectivity index (χ4v) is 4.57. The highest BCUT2D eigenvalue weighted by atomic mass is 16.4. The molecule has 0 aliphatic heterocycles. The lowest BCUT2D eigenvalue weighted by Gasteiger charge is -2.47. The maximum absolute atomic E-state index is 13.6. The van der Waals surface area contributed by atoms with Gasteiger partial charge in [-0.3, -0.25) is 19.2 Å². The summed E-state index contributed by atoms with van der Waals surface area (Å²) in [5.41, 5.74) is -1.55. The minimum absolute atomic E-state index is 0.152. The summed E-state index contributed by atoms with van der Waals surface area (Å²) in [6.45, 7) is 14.4. The van der Waals surface area contributed by atoms with Gasteiger partial charge in [-0.25, -0.2) is 4.98 Å². The highest BCUT2D eigenvalue weighted by Gasteiger charge is 2.52. The fourth-order valence-electron chi connectivity index (χ4n) is 4.57. The summed E-state index contributed by atoms with van der Waals surface area (Å²) in [6.07, 6.45) is 3.82. The average Bonchev–Trinajstić information content (AvgIpc) is 3.29. The lowest BCUT2D eigenvalue weighted by Crippen LogP contribution is -2.52. The average molecular weight is 537 g/mol. The largest absolute Gasteiger partial charge is 0.514 e. The topological polar surface area (TPSA) is 182 Å². The van der Waals surface area contributed by atoms with E-state index in [2.05, 4.69) is 20.6 Å². The standard InChI is InChI=1S/C27H44N4O7/c1-16(14-32)31-20(33)11-19(24(37)38)26(5,6)12-18(23(35)36)21(27(7,8)25(2,3)4)22(34)29-10-9-17-13-28-15-30-17/h13-15,18-19,21,32H,9-12H2,1-8H3,(H,28,30)(H,29,34)(H,31,33)(H,35,36)(H,37,38)/b16-14+. The van der Waals surface area contributed by atoms with Crippen molar-refractivity contribution in [2.45, 2.75) is 74.7 Å². The predicted octanol–water partition coefficient (Wildman–Crippen LogP) is 3.50. The summed E-state index contributed by atoms with van der Waals surface area (Å²) in [7, 11) is 0. The Bertz CT molecular complexity index is 1010. The van der Waals surface area contributed by atoms with Crippen LogP contribution in [0.3, 0.4) is 0 Å². The molecule has 2 amide bonds. The van der Waals surface area contributed by atoms with E-state index in [0.717, 1.165) is 5.69 Å². The summed E-state index contributed by atoms with van der Waals surface area (Å²) in [6, 6.07) is 0. The van der Waals surface area contributed by atoms with Gasteiger partial charge in [-0.2, -0.15) is 0 Å². The van der Waals surface area contributed by atoms with Crippen molar-refractivity contribution in [3.8, 4) is 0 Å². The van der Waals surface area contributed by atoms with Crippen LogP contribution >= 0.6 is 0 Å². The van der Waals surface area contributed by atoms with E-state index in [1.807, 2.05) is 34.6 Å². The van der Waals surface area contributed by atoms with E-state index in [9.17, 15) is 29.4 Å². The summed E-state index contributed by atoms with van der Waals surface area (Å²) < 4.78 is 0. The first-order valence-corrected chi connectivity index (χ1v) is 12.7. The first-order valence-electron chi connectivity index (χ1n) is 12.7. The Kier molecular flexibility index (Phi) is 11.1. The number of carboxylic acids is 2. The van der Waals surface area contributed by atoms with Gasteiger partial charge in [-0.1, -0.05) is 48.5 Å². The second kappa shape index (κ2) is 12.9. The number of carbonyl (C=O) groups excluding carboxylic acids is 2. The number of hydrogen-bond donors (Lipinski definition) is 6. The third-order valence-electron chi connectivity index (χ3n) is 7.85.